The number of nitrogens with one attached hydrogen (secondary N) is 1. The topological polar surface area (TPSA) is 89.3 Å². The second kappa shape index (κ2) is 6.29. The van der Waals surface area contributed by atoms with Crippen molar-refractivity contribution in [3.63, 3.8) is 0 Å². The molecule has 0 aliphatic carbocycles. The van der Waals surface area contributed by atoms with E-state index < -0.39 is 9.84 Å². The fraction of sp³-hybridized carbons (Fsp3) is 0.0588. The average molecular weight is 342 g/mol. The second-order valence-corrected chi connectivity index (χ2v) is 7.21. The molecule has 7 heteroatoms. The fourth-order valence-corrected chi connectivity index (χ4v) is 2.76. The number of anilines is 1. The van der Waals surface area contributed by atoms with Crippen molar-refractivity contribution in [2.45, 2.75) is 4.90 Å². The lowest BCUT2D eigenvalue weighted by Gasteiger charge is -2.06. The Kier molecular flexibility index (Phi) is 4.18. The maximum Gasteiger partial charge on any atom is 0.255 e. The van der Waals surface area contributed by atoms with Crippen LogP contribution < -0.4 is 5.32 Å². The molecule has 0 radical (unpaired) electrons. The third-order valence-corrected chi connectivity index (χ3v) is 4.53. The number of hydrogen-bond acceptors (Lipinski definition) is 5. The standard InChI is InChI=1S/C17H14N2O4S/c1-24(21,22)15-8-6-14(7-9-15)19-17(20)13-4-2-12(3-5-13)16-10-18-11-23-16/h2-11H,1H3,(H,19,20). The van der Waals surface area contributed by atoms with E-state index in [9.17, 15) is 13.2 Å². The van der Waals surface area contributed by atoms with Gasteiger partial charge in [0.1, 0.15) is 0 Å². The third-order valence-electron chi connectivity index (χ3n) is 3.40. The predicted octanol–water partition coefficient (Wildman–Crippen LogP) is 3.00. The highest BCUT2D eigenvalue weighted by atomic mass is 32.2. The highest BCUT2D eigenvalue weighted by molar-refractivity contribution is 7.90. The normalized spacial score (nSPS) is 11.2. The first-order valence-electron chi connectivity index (χ1n) is 7.04. The van der Waals surface area contributed by atoms with Crippen LogP contribution in [0.5, 0.6) is 0 Å². The van der Waals surface area contributed by atoms with Gasteiger partial charge in [-0.2, -0.15) is 0 Å². The minimum absolute atomic E-state index is 0.205. The molecule has 24 heavy (non-hydrogen) atoms. The summed E-state index contributed by atoms with van der Waals surface area (Å²) in [5.41, 5.74) is 1.82. The van der Waals surface area contributed by atoms with Crippen molar-refractivity contribution in [1.82, 2.24) is 4.98 Å². The van der Waals surface area contributed by atoms with Crippen LogP contribution in [0.3, 0.4) is 0 Å². The van der Waals surface area contributed by atoms with Gasteiger partial charge in [0.05, 0.1) is 11.1 Å². The molecule has 1 aromatic heterocycles. The molecule has 1 N–H and O–H groups in total. The van der Waals surface area contributed by atoms with E-state index in [1.165, 1.54) is 18.5 Å². The summed E-state index contributed by atoms with van der Waals surface area (Å²) in [5, 5.41) is 2.72. The number of benzene rings is 2. The van der Waals surface area contributed by atoms with Crippen molar-refractivity contribution in [2.24, 2.45) is 0 Å². The summed E-state index contributed by atoms with van der Waals surface area (Å²) >= 11 is 0. The maximum absolute atomic E-state index is 12.2. The molecule has 0 saturated heterocycles. The van der Waals surface area contributed by atoms with Crippen LogP contribution in [0, 0.1) is 0 Å². The lowest BCUT2D eigenvalue weighted by atomic mass is 10.1. The summed E-state index contributed by atoms with van der Waals surface area (Å²) in [6, 6.07) is 12.9. The summed E-state index contributed by atoms with van der Waals surface area (Å²) < 4.78 is 28.0. The van der Waals surface area contributed by atoms with Crippen molar-refractivity contribution < 1.29 is 17.6 Å². The zero-order valence-corrected chi connectivity index (χ0v) is 13.6. The molecular formula is C17H14N2O4S. The van der Waals surface area contributed by atoms with Gasteiger partial charge in [-0.3, -0.25) is 4.79 Å². The Morgan fingerprint density at radius 2 is 1.71 bits per heavy atom. The number of oxazole rings is 1. The van der Waals surface area contributed by atoms with E-state index in [1.807, 2.05) is 0 Å². The molecule has 0 saturated carbocycles. The predicted molar refractivity (Wildman–Crippen MR) is 89.4 cm³/mol. The number of carbonyl (C=O) groups is 1. The van der Waals surface area contributed by atoms with E-state index in [1.54, 1.807) is 42.6 Å². The van der Waals surface area contributed by atoms with Crippen LogP contribution in [-0.4, -0.2) is 25.6 Å². The molecule has 0 aliphatic heterocycles. The molecule has 2 aromatic carbocycles. The Bertz CT molecular complexity index is 945. The quantitative estimate of drug-likeness (QED) is 0.787. The molecular weight excluding hydrogens is 328 g/mol. The summed E-state index contributed by atoms with van der Waals surface area (Å²) in [4.78, 5) is 16.3. The van der Waals surface area contributed by atoms with Gasteiger partial charge in [-0.25, -0.2) is 13.4 Å². The monoisotopic (exact) mass is 342 g/mol. The van der Waals surface area contributed by atoms with Gasteiger partial charge >= 0.3 is 0 Å². The van der Waals surface area contributed by atoms with E-state index in [0.717, 1.165) is 11.8 Å². The Morgan fingerprint density at radius 3 is 2.25 bits per heavy atom. The summed E-state index contributed by atoms with van der Waals surface area (Å²) in [7, 11) is -3.25. The molecule has 0 atom stereocenters. The molecule has 1 heterocycles. The molecule has 0 fully saturated rings. The largest absolute Gasteiger partial charge is 0.444 e. The van der Waals surface area contributed by atoms with Crippen LogP contribution in [0.2, 0.25) is 0 Å². The molecule has 122 valence electrons. The van der Waals surface area contributed by atoms with Gasteiger partial charge in [0.15, 0.2) is 22.0 Å². The first kappa shape index (κ1) is 15.9. The van der Waals surface area contributed by atoms with Crippen LogP contribution in [-0.2, 0) is 9.84 Å². The first-order valence-corrected chi connectivity index (χ1v) is 8.93. The molecule has 6 nitrogen and oxygen atoms in total. The smallest absolute Gasteiger partial charge is 0.255 e. The van der Waals surface area contributed by atoms with Crippen molar-refractivity contribution in [3.05, 3.63) is 66.7 Å². The number of amides is 1. The number of aromatic nitrogens is 1. The molecule has 3 rings (SSSR count). The maximum atomic E-state index is 12.2. The number of carbonyl (C=O) groups excluding carboxylic acids is 1. The SMILES string of the molecule is CS(=O)(=O)c1ccc(NC(=O)c2ccc(-c3cnco3)cc2)cc1. The molecule has 1 amide bonds. The fourth-order valence-electron chi connectivity index (χ4n) is 2.13. The van der Waals surface area contributed by atoms with E-state index in [2.05, 4.69) is 10.3 Å². The van der Waals surface area contributed by atoms with Gasteiger partial charge in [-0.05, 0) is 36.4 Å². The molecule has 0 bridgehead atoms. The van der Waals surface area contributed by atoms with Gasteiger partial charge in [0.25, 0.3) is 5.91 Å². The summed E-state index contributed by atoms with van der Waals surface area (Å²) in [5.74, 6) is 0.338. The zero-order valence-electron chi connectivity index (χ0n) is 12.8. The van der Waals surface area contributed by atoms with Crippen molar-refractivity contribution >= 4 is 21.4 Å². The third kappa shape index (κ3) is 3.52. The lowest BCUT2D eigenvalue weighted by molar-refractivity contribution is 0.102. The van der Waals surface area contributed by atoms with Crippen LogP contribution >= 0.6 is 0 Å². The number of hydrogen-bond donors (Lipinski definition) is 1. The summed E-state index contributed by atoms with van der Waals surface area (Å²) in [6.45, 7) is 0. The molecule has 0 aliphatic rings. The van der Waals surface area contributed by atoms with E-state index in [-0.39, 0.29) is 10.8 Å². The van der Waals surface area contributed by atoms with E-state index >= 15 is 0 Å². The van der Waals surface area contributed by atoms with Gasteiger partial charge in [-0.15, -0.1) is 0 Å². The van der Waals surface area contributed by atoms with Crippen LogP contribution in [0.15, 0.2) is 70.4 Å². The van der Waals surface area contributed by atoms with Crippen LogP contribution in [0.4, 0.5) is 5.69 Å². The van der Waals surface area contributed by atoms with E-state index in [4.69, 9.17) is 4.42 Å². The first-order chi connectivity index (χ1) is 11.4. The molecule has 0 spiro atoms. The highest BCUT2D eigenvalue weighted by Gasteiger charge is 2.10. The molecule has 0 unspecified atom stereocenters. The van der Waals surface area contributed by atoms with Gasteiger partial charge in [0.2, 0.25) is 0 Å². The van der Waals surface area contributed by atoms with Gasteiger partial charge in [-0.1, -0.05) is 12.1 Å². The van der Waals surface area contributed by atoms with Crippen molar-refractivity contribution in [2.75, 3.05) is 11.6 Å². The zero-order chi connectivity index (χ0) is 17.2. The Labute approximate surface area is 139 Å². The summed E-state index contributed by atoms with van der Waals surface area (Å²) in [6.07, 6.45) is 4.07. The van der Waals surface area contributed by atoms with Crippen LogP contribution in [0.25, 0.3) is 11.3 Å². The second-order valence-electron chi connectivity index (χ2n) is 5.19. The Hall–Kier alpha value is -2.93. The van der Waals surface area contributed by atoms with Gasteiger partial charge in [0, 0.05) is 23.1 Å². The van der Waals surface area contributed by atoms with Crippen molar-refractivity contribution in [1.29, 1.82) is 0 Å². The Morgan fingerprint density at radius 1 is 1.04 bits per heavy atom. The number of sulfone groups is 1. The minimum Gasteiger partial charge on any atom is -0.444 e. The van der Waals surface area contributed by atoms with Crippen molar-refractivity contribution in [3.8, 4) is 11.3 Å². The number of nitrogens with zero attached hydrogens (tertiary/aromatic N) is 1. The van der Waals surface area contributed by atoms with E-state index in [0.29, 0.717) is 17.0 Å². The lowest BCUT2D eigenvalue weighted by Crippen LogP contribution is -2.11. The average Bonchev–Trinajstić information content (AvgIpc) is 3.09. The minimum atomic E-state index is -3.25. The van der Waals surface area contributed by atoms with Crippen LogP contribution in [0.1, 0.15) is 10.4 Å². The Balaban J connectivity index is 1.73. The number of rotatable bonds is 4. The molecule has 3 aromatic rings. The van der Waals surface area contributed by atoms with Gasteiger partial charge < -0.3 is 9.73 Å². The highest BCUT2D eigenvalue weighted by Crippen LogP contribution is 2.20.